The first kappa shape index (κ1) is 21.6. The fraction of sp³-hybridized carbons (Fsp3) is 0.500. The summed E-state index contributed by atoms with van der Waals surface area (Å²) in [6, 6.07) is 12.3. The molecule has 1 saturated carbocycles. The average molecular weight is 418 g/mol. The molecule has 0 spiro atoms. The van der Waals surface area contributed by atoms with E-state index < -0.39 is 10.0 Å². The number of nitrogens with one attached hydrogen (secondary N) is 2. The molecular weight excluding hydrogens is 386 g/mol. The van der Waals surface area contributed by atoms with Crippen LogP contribution < -0.4 is 14.8 Å². The molecule has 1 heterocycles. The number of sulfonamides is 1. The summed E-state index contributed by atoms with van der Waals surface area (Å²) >= 11 is 0. The van der Waals surface area contributed by atoms with Crippen LogP contribution in [0.3, 0.4) is 0 Å². The second-order valence-corrected chi connectivity index (χ2v) is 10.3. The quantitative estimate of drug-likeness (QED) is 0.677. The van der Waals surface area contributed by atoms with Gasteiger partial charge in [-0.15, -0.1) is 0 Å². The third kappa shape index (κ3) is 5.70. The number of ether oxygens (including phenoxy) is 1. The van der Waals surface area contributed by atoms with E-state index >= 15 is 0 Å². The van der Waals surface area contributed by atoms with Gasteiger partial charge in [0.25, 0.3) is 0 Å². The van der Waals surface area contributed by atoms with Gasteiger partial charge in [-0.25, -0.2) is 18.1 Å². The molecule has 3 rings (SSSR count). The van der Waals surface area contributed by atoms with E-state index in [1.54, 1.807) is 21.0 Å². The first-order chi connectivity index (χ1) is 13.9. The Balaban J connectivity index is 1.51. The molecule has 6 nitrogen and oxygen atoms in total. The smallest absolute Gasteiger partial charge is 0.213 e. The molecule has 0 atom stereocenters. The monoisotopic (exact) mass is 417 g/mol. The number of methoxy groups -OCH3 is 1. The maximum absolute atomic E-state index is 11.9. The van der Waals surface area contributed by atoms with Crippen LogP contribution in [0.15, 0.2) is 42.6 Å². The summed E-state index contributed by atoms with van der Waals surface area (Å²) in [4.78, 5) is 4.57. The van der Waals surface area contributed by atoms with E-state index in [2.05, 4.69) is 21.1 Å². The molecule has 2 aromatic rings. The van der Waals surface area contributed by atoms with Gasteiger partial charge in [0.2, 0.25) is 10.0 Å². The van der Waals surface area contributed by atoms with Crippen LogP contribution in [-0.2, 0) is 10.0 Å². The zero-order chi connectivity index (χ0) is 20.9. The van der Waals surface area contributed by atoms with E-state index in [9.17, 15) is 8.42 Å². The molecule has 0 amide bonds. The molecule has 0 saturated heterocycles. The Bertz CT molecular complexity index is 890. The molecule has 1 aliphatic rings. The van der Waals surface area contributed by atoms with Crippen molar-refractivity contribution in [3.8, 4) is 16.9 Å². The number of hydrogen-bond acceptors (Lipinski definition) is 5. The average Bonchev–Trinajstić information content (AvgIpc) is 2.74. The lowest BCUT2D eigenvalue weighted by molar-refractivity contribution is 0.336. The number of rotatable bonds is 8. The van der Waals surface area contributed by atoms with Gasteiger partial charge in [0.05, 0.1) is 12.4 Å². The predicted molar refractivity (Wildman–Crippen MR) is 118 cm³/mol. The first-order valence-corrected chi connectivity index (χ1v) is 11.8. The Kier molecular flexibility index (Phi) is 7.14. The van der Waals surface area contributed by atoms with Crippen LogP contribution in [0.25, 0.3) is 11.1 Å². The Morgan fingerprint density at radius 3 is 2.45 bits per heavy atom. The molecule has 2 N–H and O–H groups in total. The number of aromatic nitrogens is 1. The lowest BCUT2D eigenvalue weighted by Gasteiger charge is -2.29. The SMILES string of the molecule is COc1ccccc1-c1ccc(NC2CCC(CNS(=O)(=O)C(C)C)CC2)nc1. The highest BCUT2D eigenvalue weighted by atomic mass is 32.2. The van der Waals surface area contributed by atoms with Gasteiger partial charge in [-0.2, -0.15) is 0 Å². The molecule has 1 aromatic carbocycles. The number of anilines is 1. The molecule has 1 fully saturated rings. The van der Waals surface area contributed by atoms with Gasteiger partial charge in [-0.3, -0.25) is 0 Å². The maximum Gasteiger partial charge on any atom is 0.213 e. The highest BCUT2D eigenvalue weighted by molar-refractivity contribution is 7.90. The molecular formula is C22H31N3O3S. The summed E-state index contributed by atoms with van der Waals surface area (Å²) in [6.07, 6.45) is 5.93. The van der Waals surface area contributed by atoms with Gasteiger partial charge in [-0.1, -0.05) is 18.2 Å². The highest BCUT2D eigenvalue weighted by Crippen LogP contribution is 2.30. The van der Waals surface area contributed by atoms with Gasteiger partial charge >= 0.3 is 0 Å². The maximum atomic E-state index is 11.9. The number of nitrogens with zero attached hydrogens (tertiary/aromatic N) is 1. The van der Waals surface area contributed by atoms with Crippen LogP contribution in [0.4, 0.5) is 5.82 Å². The third-order valence-corrected chi connectivity index (χ3v) is 7.38. The summed E-state index contributed by atoms with van der Waals surface area (Å²) in [7, 11) is -1.50. The Hall–Kier alpha value is -2.12. The predicted octanol–water partition coefficient (Wildman–Crippen LogP) is 4.06. The molecule has 1 aliphatic carbocycles. The van der Waals surface area contributed by atoms with Crippen molar-refractivity contribution in [2.24, 2.45) is 5.92 Å². The van der Waals surface area contributed by atoms with E-state index in [-0.39, 0.29) is 5.25 Å². The summed E-state index contributed by atoms with van der Waals surface area (Å²) in [6.45, 7) is 3.95. The Morgan fingerprint density at radius 1 is 1.10 bits per heavy atom. The minimum Gasteiger partial charge on any atom is -0.496 e. The second kappa shape index (κ2) is 9.59. The highest BCUT2D eigenvalue weighted by Gasteiger charge is 2.24. The van der Waals surface area contributed by atoms with Crippen molar-refractivity contribution in [2.45, 2.75) is 50.8 Å². The lowest BCUT2D eigenvalue weighted by atomic mass is 9.86. The number of benzene rings is 1. The third-order valence-electron chi connectivity index (χ3n) is 5.57. The summed E-state index contributed by atoms with van der Waals surface area (Å²) in [5.74, 6) is 2.11. The molecule has 29 heavy (non-hydrogen) atoms. The van der Waals surface area contributed by atoms with E-state index in [1.165, 1.54) is 0 Å². The minimum atomic E-state index is -3.18. The van der Waals surface area contributed by atoms with Crippen LogP contribution in [0.1, 0.15) is 39.5 Å². The van der Waals surface area contributed by atoms with E-state index in [4.69, 9.17) is 4.74 Å². The van der Waals surface area contributed by atoms with Crippen LogP contribution >= 0.6 is 0 Å². The van der Waals surface area contributed by atoms with Crippen molar-refractivity contribution >= 4 is 15.8 Å². The number of para-hydroxylation sites is 1. The Labute approximate surface area is 174 Å². The zero-order valence-corrected chi connectivity index (χ0v) is 18.2. The topological polar surface area (TPSA) is 80.3 Å². The van der Waals surface area contributed by atoms with Crippen molar-refractivity contribution in [2.75, 3.05) is 19.0 Å². The molecule has 7 heteroatoms. The van der Waals surface area contributed by atoms with Crippen LogP contribution in [0, 0.1) is 5.92 Å². The summed E-state index contributed by atoms with van der Waals surface area (Å²) in [5.41, 5.74) is 2.05. The van der Waals surface area contributed by atoms with Crippen molar-refractivity contribution in [1.29, 1.82) is 0 Å². The van der Waals surface area contributed by atoms with E-state index in [0.29, 0.717) is 18.5 Å². The van der Waals surface area contributed by atoms with Gasteiger partial charge in [0.1, 0.15) is 11.6 Å². The largest absolute Gasteiger partial charge is 0.496 e. The molecule has 1 aromatic heterocycles. The van der Waals surface area contributed by atoms with E-state index in [0.717, 1.165) is 48.4 Å². The summed E-state index contributed by atoms with van der Waals surface area (Å²) < 4.78 is 32.0. The first-order valence-electron chi connectivity index (χ1n) is 10.2. The molecule has 0 aliphatic heterocycles. The lowest BCUT2D eigenvalue weighted by Crippen LogP contribution is -2.37. The van der Waals surface area contributed by atoms with Crippen molar-refractivity contribution in [3.63, 3.8) is 0 Å². The standard InChI is InChI=1S/C22H31N3O3S/c1-16(2)29(26,27)24-14-17-8-11-19(12-9-17)25-22-13-10-18(15-23-22)20-6-4-5-7-21(20)28-3/h4-7,10,13,15-17,19,24H,8-9,11-12,14H2,1-3H3,(H,23,25). The van der Waals surface area contributed by atoms with Gasteiger partial charge in [-0.05, 0) is 63.6 Å². The number of hydrogen-bond donors (Lipinski definition) is 2. The molecule has 0 radical (unpaired) electrons. The van der Waals surface area contributed by atoms with Crippen LogP contribution in [0.2, 0.25) is 0 Å². The molecule has 158 valence electrons. The van der Waals surface area contributed by atoms with Gasteiger partial charge in [0.15, 0.2) is 0 Å². The van der Waals surface area contributed by atoms with Crippen molar-refractivity contribution in [1.82, 2.24) is 9.71 Å². The van der Waals surface area contributed by atoms with E-state index in [1.807, 2.05) is 36.5 Å². The number of pyridine rings is 1. The minimum absolute atomic E-state index is 0.373. The molecule has 0 bridgehead atoms. The fourth-order valence-corrected chi connectivity index (χ4v) is 4.44. The zero-order valence-electron chi connectivity index (χ0n) is 17.4. The van der Waals surface area contributed by atoms with Crippen molar-refractivity contribution < 1.29 is 13.2 Å². The van der Waals surface area contributed by atoms with Crippen molar-refractivity contribution in [3.05, 3.63) is 42.6 Å². The normalized spacial score (nSPS) is 19.9. The van der Waals surface area contributed by atoms with Gasteiger partial charge < -0.3 is 10.1 Å². The summed E-state index contributed by atoms with van der Waals surface area (Å²) in [5, 5.41) is 3.13. The molecule has 0 unspecified atom stereocenters. The van der Waals surface area contributed by atoms with Crippen LogP contribution in [-0.4, -0.2) is 38.3 Å². The fourth-order valence-electron chi connectivity index (χ4n) is 3.64. The Morgan fingerprint density at radius 2 is 1.83 bits per heavy atom. The second-order valence-electron chi connectivity index (χ2n) is 7.94. The van der Waals surface area contributed by atoms with Crippen LogP contribution in [0.5, 0.6) is 5.75 Å². The van der Waals surface area contributed by atoms with Gasteiger partial charge in [0, 0.05) is 29.9 Å².